The maximum Gasteiger partial charge on any atom is 0.241 e. The fourth-order valence-corrected chi connectivity index (χ4v) is 2.00. The molecule has 2 heterocycles. The Bertz CT molecular complexity index is 432. The fourth-order valence-electron chi connectivity index (χ4n) is 2.00. The summed E-state index contributed by atoms with van der Waals surface area (Å²) in [5, 5.41) is 2.73. The molecule has 2 rings (SSSR count). The van der Waals surface area contributed by atoms with Crippen molar-refractivity contribution in [2.45, 2.75) is 26.2 Å². The first-order chi connectivity index (χ1) is 8.68. The number of aromatic nitrogens is 2. The van der Waals surface area contributed by atoms with Crippen molar-refractivity contribution < 1.29 is 9.18 Å². The van der Waals surface area contributed by atoms with Gasteiger partial charge >= 0.3 is 0 Å². The van der Waals surface area contributed by atoms with Crippen LogP contribution in [-0.2, 0) is 4.79 Å². The average Bonchev–Trinajstić information content (AvgIpc) is 2.41. The van der Waals surface area contributed by atoms with Gasteiger partial charge in [-0.05, 0) is 26.2 Å². The molecule has 1 aromatic heterocycles. The lowest BCUT2D eigenvalue weighted by Crippen LogP contribution is -2.39. The number of halogens is 1. The number of piperidine rings is 1. The molecule has 5 nitrogen and oxygen atoms in total. The van der Waals surface area contributed by atoms with Gasteiger partial charge in [-0.1, -0.05) is 0 Å². The molecule has 1 aliphatic heterocycles. The smallest absolute Gasteiger partial charge is 0.241 e. The highest BCUT2D eigenvalue weighted by atomic mass is 19.1. The van der Waals surface area contributed by atoms with E-state index in [4.69, 9.17) is 0 Å². The summed E-state index contributed by atoms with van der Waals surface area (Å²) in [6.07, 6.45) is 4.56. The standard InChI is InChI=1S/C12H17FN4O/c1-9-11(13)12(16-8-15-9)14-7-10(18)17-5-3-2-4-6-17/h8H,2-7H2,1H3,(H,14,15,16). The zero-order valence-corrected chi connectivity index (χ0v) is 10.4. The van der Waals surface area contributed by atoms with Crippen LogP contribution in [0, 0.1) is 12.7 Å². The minimum atomic E-state index is -0.496. The van der Waals surface area contributed by atoms with Crippen molar-refractivity contribution in [1.29, 1.82) is 0 Å². The minimum Gasteiger partial charge on any atom is -0.358 e. The normalized spacial score (nSPS) is 15.6. The van der Waals surface area contributed by atoms with E-state index in [1.54, 1.807) is 6.92 Å². The highest BCUT2D eigenvalue weighted by molar-refractivity contribution is 5.80. The van der Waals surface area contributed by atoms with Crippen molar-refractivity contribution in [3.05, 3.63) is 17.8 Å². The molecule has 1 amide bonds. The predicted octanol–water partition coefficient (Wildman–Crippen LogP) is 1.35. The van der Waals surface area contributed by atoms with Gasteiger partial charge in [0.15, 0.2) is 11.6 Å². The summed E-state index contributed by atoms with van der Waals surface area (Å²) in [4.78, 5) is 21.2. The third kappa shape index (κ3) is 2.94. The highest BCUT2D eigenvalue weighted by Gasteiger charge is 2.17. The maximum absolute atomic E-state index is 13.6. The number of nitrogens with one attached hydrogen (secondary N) is 1. The van der Waals surface area contributed by atoms with Crippen LogP contribution in [0.3, 0.4) is 0 Å². The summed E-state index contributed by atoms with van der Waals surface area (Å²) >= 11 is 0. The van der Waals surface area contributed by atoms with Gasteiger partial charge < -0.3 is 10.2 Å². The summed E-state index contributed by atoms with van der Waals surface area (Å²) in [7, 11) is 0. The van der Waals surface area contributed by atoms with Crippen molar-refractivity contribution in [3.63, 3.8) is 0 Å². The molecule has 0 unspecified atom stereocenters. The first-order valence-electron chi connectivity index (χ1n) is 6.17. The van der Waals surface area contributed by atoms with Crippen LogP contribution in [0.15, 0.2) is 6.33 Å². The number of rotatable bonds is 3. The Morgan fingerprint density at radius 1 is 1.39 bits per heavy atom. The van der Waals surface area contributed by atoms with E-state index in [1.807, 2.05) is 4.90 Å². The molecule has 1 fully saturated rings. The zero-order valence-electron chi connectivity index (χ0n) is 10.4. The summed E-state index contributed by atoms with van der Waals surface area (Å²) < 4.78 is 13.6. The van der Waals surface area contributed by atoms with E-state index in [-0.39, 0.29) is 24.0 Å². The third-order valence-corrected chi connectivity index (χ3v) is 3.08. The van der Waals surface area contributed by atoms with Crippen molar-refractivity contribution in [2.24, 2.45) is 0 Å². The SMILES string of the molecule is Cc1ncnc(NCC(=O)N2CCCCC2)c1F. The van der Waals surface area contributed by atoms with E-state index >= 15 is 0 Å². The van der Waals surface area contributed by atoms with E-state index in [2.05, 4.69) is 15.3 Å². The lowest BCUT2D eigenvalue weighted by atomic mass is 10.1. The van der Waals surface area contributed by atoms with Gasteiger partial charge in [-0.15, -0.1) is 0 Å². The van der Waals surface area contributed by atoms with Gasteiger partial charge in [0.05, 0.1) is 12.2 Å². The quantitative estimate of drug-likeness (QED) is 0.882. The number of carbonyl (C=O) groups is 1. The minimum absolute atomic E-state index is 0.00892. The number of aryl methyl sites for hydroxylation is 1. The monoisotopic (exact) mass is 252 g/mol. The summed E-state index contributed by atoms with van der Waals surface area (Å²) in [5.74, 6) is -0.415. The lowest BCUT2D eigenvalue weighted by molar-refractivity contribution is -0.130. The number of anilines is 1. The molecular formula is C12H17FN4O. The van der Waals surface area contributed by atoms with Crippen LogP contribution in [0.2, 0.25) is 0 Å². The summed E-state index contributed by atoms with van der Waals surface area (Å²) in [6.45, 7) is 3.24. The molecule has 0 radical (unpaired) electrons. The number of likely N-dealkylation sites (tertiary alicyclic amines) is 1. The predicted molar refractivity (Wildman–Crippen MR) is 65.6 cm³/mol. The van der Waals surface area contributed by atoms with Gasteiger partial charge in [0.2, 0.25) is 5.91 Å². The Kier molecular flexibility index (Phi) is 4.07. The zero-order chi connectivity index (χ0) is 13.0. The Labute approximate surface area is 105 Å². The number of hydrogen-bond acceptors (Lipinski definition) is 4. The molecule has 18 heavy (non-hydrogen) atoms. The fraction of sp³-hybridized carbons (Fsp3) is 0.583. The molecule has 0 atom stereocenters. The molecule has 0 spiro atoms. The van der Waals surface area contributed by atoms with Gasteiger partial charge in [0.1, 0.15) is 6.33 Å². The molecule has 1 N–H and O–H groups in total. The van der Waals surface area contributed by atoms with Crippen LogP contribution in [0.25, 0.3) is 0 Å². The largest absolute Gasteiger partial charge is 0.358 e. The van der Waals surface area contributed by atoms with Gasteiger partial charge in [0, 0.05) is 13.1 Å². The molecule has 1 aromatic rings. The third-order valence-electron chi connectivity index (χ3n) is 3.08. The Balaban J connectivity index is 1.90. The van der Waals surface area contributed by atoms with Crippen molar-refractivity contribution in [1.82, 2.24) is 14.9 Å². The number of hydrogen-bond donors (Lipinski definition) is 1. The van der Waals surface area contributed by atoms with E-state index in [9.17, 15) is 9.18 Å². The Hall–Kier alpha value is -1.72. The maximum atomic E-state index is 13.6. The van der Waals surface area contributed by atoms with E-state index < -0.39 is 5.82 Å². The second-order valence-corrected chi connectivity index (χ2v) is 4.42. The van der Waals surface area contributed by atoms with Crippen LogP contribution in [0.5, 0.6) is 0 Å². The van der Waals surface area contributed by atoms with E-state index in [1.165, 1.54) is 12.7 Å². The molecule has 0 bridgehead atoms. The van der Waals surface area contributed by atoms with Crippen LogP contribution >= 0.6 is 0 Å². The number of nitrogens with zero attached hydrogens (tertiary/aromatic N) is 3. The Morgan fingerprint density at radius 2 is 2.11 bits per heavy atom. The molecule has 6 heteroatoms. The van der Waals surface area contributed by atoms with Gasteiger partial charge in [-0.2, -0.15) is 0 Å². The molecule has 1 aliphatic rings. The van der Waals surface area contributed by atoms with Crippen molar-refractivity contribution in [2.75, 3.05) is 25.0 Å². The Morgan fingerprint density at radius 3 is 2.83 bits per heavy atom. The summed E-state index contributed by atoms with van der Waals surface area (Å²) in [5.41, 5.74) is 0.276. The molecule has 98 valence electrons. The highest BCUT2D eigenvalue weighted by Crippen LogP contribution is 2.12. The molecular weight excluding hydrogens is 235 g/mol. The molecule has 0 saturated carbocycles. The van der Waals surface area contributed by atoms with Crippen LogP contribution in [0.4, 0.5) is 10.2 Å². The van der Waals surface area contributed by atoms with E-state index in [0.29, 0.717) is 0 Å². The van der Waals surface area contributed by atoms with Crippen LogP contribution in [0.1, 0.15) is 25.0 Å². The van der Waals surface area contributed by atoms with Gasteiger partial charge in [0.25, 0.3) is 0 Å². The van der Waals surface area contributed by atoms with Gasteiger partial charge in [-0.3, -0.25) is 4.79 Å². The van der Waals surface area contributed by atoms with Crippen LogP contribution in [-0.4, -0.2) is 40.4 Å². The first-order valence-corrected chi connectivity index (χ1v) is 6.17. The topological polar surface area (TPSA) is 58.1 Å². The second-order valence-electron chi connectivity index (χ2n) is 4.42. The van der Waals surface area contributed by atoms with Crippen molar-refractivity contribution >= 4 is 11.7 Å². The average molecular weight is 252 g/mol. The second kappa shape index (κ2) is 5.75. The summed E-state index contributed by atoms with van der Waals surface area (Å²) in [6, 6.07) is 0. The number of carbonyl (C=O) groups excluding carboxylic acids is 1. The van der Waals surface area contributed by atoms with Crippen molar-refractivity contribution in [3.8, 4) is 0 Å². The molecule has 0 aromatic carbocycles. The molecule has 1 saturated heterocycles. The van der Waals surface area contributed by atoms with Gasteiger partial charge in [-0.25, -0.2) is 14.4 Å². The molecule has 0 aliphatic carbocycles. The first kappa shape index (κ1) is 12.7. The number of amides is 1. The van der Waals surface area contributed by atoms with E-state index in [0.717, 1.165) is 25.9 Å². The lowest BCUT2D eigenvalue weighted by Gasteiger charge is -2.26. The van der Waals surface area contributed by atoms with Crippen LogP contribution < -0.4 is 5.32 Å².